The Hall–Kier alpha value is -3.87. The lowest BCUT2D eigenvalue weighted by molar-refractivity contribution is -0.121. The van der Waals surface area contributed by atoms with Crippen LogP contribution in [0.3, 0.4) is 0 Å². The summed E-state index contributed by atoms with van der Waals surface area (Å²) in [6, 6.07) is 15.3. The van der Waals surface area contributed by atoms with Gasteiger partial charge in [-0.15, -0.1) is 0 Å². The summed E-state index contributed by atoms with van der Waals surface area (Å²) in [4.78, 5) is 33.1. The lowest BCUT2D eigenvalue weighted by Crippen LogP contribution is -2.35. The molecule has 0 atom stereocenters. The quantitative estimate of drug-likeness (QED) is 0.768. The van der Waals surface area contributed by atoms with E-state index in [9.17, 15) is 14.7 Å². The number of benzene rings is 2. The van der Waals surface area contributed by atoms with E-state index in [0.717, 1.165) is 22.5 Å². The smallest absolute Gasteiger partial charge is 0.420 e. The minimum Gasteiger partial charge on any atom is -0.464 e. The normalized spacial score (nSPS) is 15.1. The Bertz CT molecular complexity index is 1030. The molecule has 1 heterocycles. The zero-order valence-corrected chi connectivity index (χ0v) is 17.4. The summed E-state index contributed by atoms with van der Waals surface area (Å²) < 4.78 is 0. The van der Waals surface area contributed by atoms with Crippen molar-refractivity contribution in [2.24, 2.45) is 4.99 Å². The Kier molecular flexibility index (Phi) is 6.01. The fraction of sp³-hybridized carbons (Fsp3) is 0.174. The average Bonchev–Trinajstić information content (AvgIpc) is 3.02. The first kappa shape index (κ1) is 20.9. The van der Waals surface area contributed by atoms with E-state index in [0.29, 0.717) is 4.90 Å². The van der Waals surface area contributed by atoms with E-state index in [-0.39, 0.29) is 11.5 Å². The Morgan fingerprint density at radius 1 is 0.867 bits per heavy atom. The summed E-state index contributed by atoms with van der Waals surface area (Å²) in [5, 5.41) is 9.48. The van der Waals surface area contributed by atoms with Gasteiger partial charge in [0, 0.05) is 39.6 Å². The first-order chi connectivity index (χ1) is 14.3. The third kappa shape index (κ3) is 4.57. The van der Waals surface area contributed by atoms with Crippen molar-refractivity contribution >= 4 is 41.4 Å². The van der Waals surface area contributed by atoms with Crippen LogP contribution in [0.15, 0.2) is 65.3 Å². The topological polar surface area (TPSA) is 76.4 Å². The van der Waals surface area contributed by atoms with Crippen molar-refractivity contribution in [1.82, 2.24) is 4.90 Å². The van der Waals surface area contributed by atoms with Crippen LogP contribution in [0, 0.1) is 0 Å². The highest BCUT2D eigenvalue weighted by atomic mass is 16.4. The van der Waals surface area contributed by atoms with Gasteiger partial charge in [0.2, 0.25) is 0 Å². The molecular formula is C23H24N4O3. The van der Waals surface area contributed by atoms with E-state index < -0.39 is 12.0 Å². The standard InChI is InChI=1S/C23H24N4O3/c1-25(2)18-10-5-16(6-11-18)9-14-21-24-20(22(28)27(21)23(29)30)15-17-7-12-19(13-8-17)26(3)4/h5-15H,1-4H3,(H,29,30)/b14-9+,20-15-. The van der Waals surface area contributed by atoms with Crippen LogP contribution >= 0.6 is 0 Å². The van der Waals surface area contributed by atoms with Crippen LogP contribution in [0.4, 0.5) is 16.2 Å². The number of anilines is 2. The van der Waals surface area contributed by atoms with Gasteiger partial charge in [0.15, 0.2) is 0 Å². The molecule has 1 aliphatic rings. The molecule has 0 aromatic heterocycles. The number of carboxylic acid groups (broad SMARTS) is 1. The van der Waals surface area contributed by atoms with E-state index in [1.165, 1.54) is 6.08 Å². The molecule has 2 aromatic carbocycles. The largest absolute Gasteiger partial charge is 0.464 e. The zero-order chi connectivity index (χ0) is 21.8. The van der Waals surface area contributed by atoms with Gasteiger partial charge in [0.05, 0.1) is 0 Å². The van der Waals surface area contributed by atoms with Gasteiger partial charge >= 0.3 is 6.09 Å². The van der Waals surface area contributed by atoms with Crippen LogP contribution in [0.2, 0.25) is 0 Å². The predicted molar refractivity (Wildman–Crippen MR) is 121 cm³/mol. The SMILES string of the molecule is CN(C)c1ccc(/C=C2N=C(/C=C/c3ccc(N(C)C)cc3)N(C(=O)O)C\2=O)cc1. The third-order valence-corrected chi connectivity index (χ3v) is 4.62. The molecule has 0 unspecified atom stereocenters. The maximum Gasteiger partial charge on any atom is 0.420 e. The molecule has 7 nitrogen and oxygen atoms in total. The molecular weight excluding hydrogens is 380 g/mol. The van der Waals surface area contributed by atoms with Gasteiger partial charge in [0.1, 0.15) is 11.5 Å². The molecule has 7 heteroatoms. The van der Waals surface area contributed by atoms with Gasteiger partial charge in [-0.2, -0.15) is 4.90 Å². The highest BCUT2D eigenvalue weighted by Crippen LogP contribution is 2.21. The summed E-state index contributed by atoms with van der Waals surface area (Å²) in [6.45, 7) is 0. The zero-order valence-electron chi connectivity index (χ0n) is 17.4. The van der Waals surface area contributed by atoms with Crippen molar-refractivity contribution < 1.29 is 14.7 Å². The summed E-state index contributed by atoms with van der Waals surface area (Å²) in [7, 11) is 7.79. The molecule has 30 heavy (non-hydrogen) atoms. The predicted octanol–water partition coefficient (Wildman–Crippen LogP) is 3.79. The van der Waals surface area contributed by atoms with E-state index in [2.05, 4.69) is 4.99 Å². The Morgan fingerprint density at radius 3 is 1.83 bits per heavy atom. The van der Waals surface area contributed by atoms with E-state index in [1.807, 2.05) is 86.5 Å². The molecule has 0 saturated heterocycles. The number of carbonyl (C=O) groups excluding carboxylic acids is 1. The first-order valence-corrected chi connectivity index (χ1v) is 9.37. The molecule has 0 fully saturated rings. The molecule has 0 bridgehead atoms. The lowest BCUT2D eigenvalue weighted by Gasteiger charge is -2.12. The Morgan fingerprint density at radius 2 is 1.37 bits per heavy atom. The molecule has 0 aliphatic carbocycles. The molecule has 2 aromatic rings. The molecule has 3 rings (SSSR count). The van der Waals surface area contributed by atoms with Gasteiger partial charge in [-0.05, 0) is 47.5 Å². The Balaban J connectivity index is 1.87. The second kappa shape index (κ2) is 8.65. The highest BCUT2D eigenvalue weighted by molar-refractivity contribution is 6.25. The Labute approximate surface area is 175 Å². The van der Waals surface area contributed by atoms with Crippen molar-refractivity contribution in [3.8, 4) is 0 Å². The minimum absolute atomic E-state index is 0.0698. The number of hydrogen-bond acceptors (Lipinski definition) is 5. The van der Waals surface area contributed by atoms with Crippen LogP contribution in [0.25, 0.3) is 12.2 Å². The molecule has 154 valence electrons. The van der Waals surface area contributed by atoms with Gasteiger partial charge in [-0.1, -0.05) is 30.3 Å². The second-order valence-corrected chi connectivity index (χ2v) is 7.23. The number of rotatable bonds is 5. The summed E-state index contributed by atoms with van der Waals surface area (Å²) in [6.07, 6.45) is 3.49. The van der Waals surface area contributed by atoms with Crippen molar-refractivity contribution in [1.29, 1.82) is 0 Å². The van der Waals surface area contributed by atoms with Gasteiger partial charge in [-0.25, -0.2) is 9.79 Å². The highest BCUT2D eigenvalue weighted by Gasteiger charge is 2.33. The van der Waals surface area contributed by atoms with E-state index in [4.69, 9.17) is 0 Å². The van der Waals surface area contributed by atoms with Crippen LogP contribution in [-0.2, 0) is 4.79 Å². The number of hydrogen-bond donors (Lipinski definition) is 1. The van der Waals surface area contributed by atoms with E-state index >= 15 is 0 Å². The van der Waals surface area contributed by atoms with Crippen LogP contribution < -0.4 is 9.80 Å². The molecule has 1 aliphatic heterocycles. The van der Waals surface area contributed by atoms with Crippen molar-refractivity contribution in [3.05, 3.63) is 71.4 Å². The maximum absolute atomic E-state index is 12.6. The summed E-state index contributed by atoms with van der Waals surface area (Å²) in [5.74, 6) is -0.595. The lowest BCUT2D eigenvalue weighted by atomic mass is 10.1. The van der Waals surface area contributed by atoms with Crippen LogP contribution in [0.5, 0.6) is 0 Å². The van der Waals surface area contributed by atoms with Gasteiger partial charge in [-0.3, -0.25) is 4.79 Å². The number of carbonyl (C=O) groups is 2. The minimum atomic E-state index is -1.36. The number of aliphatic imine (C=N–C) groups is 1. The third-order valence-electron chi connectivity index (χ3n) is 4.62. The van der Waals surface area contributed by atoms with E-state index in [1.54, 1.807) is 12.2 Å². The number of imide groups is 1. The molecule has 2 amide bonds. The fourth-order valence-corrected chi connectivity index (χ4v) is 2.91. The van der Waals surface area contributed by atoms with Gasteiger partial charge in [0.25, 0.3) is 5.91 Å². The maximum atomic E-state index is 12.6. The molecule has 0 radical (unpaired) electrons. The molecule has 1 N–H and O–H groups in total. The number of amides is 2. The average molecular weight is 404 g/mol. The van der Waals surface area contributed by atoms with Crippen molar-refractivity contribution in [2.75, 3.05) is 38.0 Å². The van der Waals surface area contributed by atoms with Gasteiger partial charge < -0.3 is 14.9 Å². The fourth-order valence-electron chi connectivity index (χ4n) is 2.91. The molecule has 0 saturated carbocycles. The number of amidine groups is 1. The number of nitrogens with zero attached hydrogens (tertiary/aromatic N) is 4. The van der Waals surface area contributed by atoms with Crippen LogP contribution in [0.1, 0.15) is 11.1 Å². The summed E-state index contributed by atoms with van der Waals surface area (Å²) >= 11 is 0. The van der Waals surface area contributed by atoms with Crippen LogP contribution in [-0.4, -0.2) is 56.0 Å². The molecule has 0 spiro atoms. The van der Waals surface area contributed by atoms with Crippen molar-refractivity contribution in [3.63, 3.8) is 0 Å². The second-order valence-electron chi connectivity index (χ2n) is 7.23. The first-order valence-electron chi connectivity index (χ1n) is 9.37. The van der Waals surface area contributed by atoms with Crippen molar-refractivity contribution in [2.45, 2.75) is 0 Å². The summed E-state index contributed by atoms with van der Waals surface area (Å²) in [5.41, 5.74) is 3.80. The monoisotopic (exact) mass is 404 g/mol.